The lowest BCUT2D eigenvalue weighted by molar-refractivity contribution is -0.0549. The van der Waals surface area contributed by atoms with Crippen LogP contribution in [0.1, 0.15) is 27.0 Å². The van der Waals surface area contributed by atoms with Crippen LogP contribution in [-0.4, -0.2) is 61.5 Å². The number of rotatable bonds is 4. The molecule has 1 aliphatic rings. The maximum absolute atomic E-state index is 12.1. The van der Waals surface area contributed by atoms with Crippen molar-refractivity contribution in [2.24, 2.45) is 0 Å². The molecule has 0 aromatic carbocycles. The third-order valence-electron chi connectivity index (χ3n) is 3.31. The van der Waals surface area contributed by atoms with Crippen LogP contribution >= 0.6 is 0 Å². The Kier molecular flexibility index (Phi) is 5.62. The van der Waals surface area contributed by atoms with E-state index in [4.69, 9.17) is 14.6 Å². The molecule has 1 aromatic heterocycles. The molecule has 1 aromatic rings. The first kappa shape index (κ1) is 19.1. The van der Waals surface area contributed by atoms with Gasteiger partial charge in [0, 0.05) is 6.20 Å². The van der Waals surface area contributed by atoms with Crippen molar-refractivity contribution in [2.45, 2.75) is 50.9 Å². The monoisotopic (exact) mass is 358 g/mol. The van der Waals surface area contributed by atoms with Crippen LogP contribution in [-0.2, 0) is 9.47 Å². The zero-order chi connectivity index (χ0) is 18.8. The number of aliphatic hydroxyl groups excluding tert-OH is 3. The van der Waals surface area contributed by atoms with Gasteiger partial charge in [0.1, 0.15) is 23.9 Å². The molecule has 2 heterocycles. The topological polar surface area (TPSA) is 155 Å². The van der Waals surface area contributed by atoms with Gasteiger partial charge in [-0.3, -0.25) is 9.99 Å². The highest BCUT2D eigenvalue weighted by Crippen LogP contribution is 2.28. The van der Waals surface area contributed by atoms with Crippen molar-refractivity contribution < 1.29 is 29.6 Å². The van der Waals surface area contributed by atoms with Crippen LogP contribution in [0.5, 0.6) is 0 Å². The van der Waals surface area contributed by atoms with E-state index in [-0.39, 0.29) is 5.82 Å². The number of nitrogens with one attached hydrogen (secondary N) is 2. The quantitative estimate of drug-likeness (QED) is 0.413. The van der Waals surface area contributed by atoms with Crippen molar-refractivity contribution in [1.29, 1.82) is 0 Å². The number of aromatic nitrogens is 2. The van der Waals surface area contributed by atoms with Gasteiger partial charge in [-0.05, 0) is 26.8 Å². The Labute approximate surface area is 143 Å². The second-order valence-electron chi connectivity index (χ2n) is 6.48. The van der Waals surface area contributed by atoms with Gasteiger partial charge in [-0.25, -0.2) is 15.0 Å². The minimum atomic E-state index is -1.39. The summed E-state index contributed by atoms with van der Waals surface area (Å²) in [6, 6.07) is 1.35. The Morgan fingerprint density at radius 1 is 1.40 bits per heavy atom. The molecule has 25 heavy (non-hydrogen) atoms. The highest BCUT2D eigenvalue weighted by Gasteiger charge is 2.43. The average molecular weight is 358 g/mol. The third-order valence-corrected chi connectivity index (χ3v) is 3.31. The summed E-state index contributed by atoms with van der Waals surface area (Å²) in [5.74, 6) is 0.0406. The van der Waals surface area contributed by atoms with Crippen LogP contribution in [0.25, 0.3) is 0 Å². The molecule has 1 amide bonds. The molecule has 0 unspecified atom stereocenters. The summed E-state index contributed by atoms with van der Waals surface area (Å²) in [5.41, 5.74) is 3.19. The van der Waals surface area contributed by atoms with Gasteiger partial charge in [-0.15, -0.1) is 0 Å². The summed E-state index contributed by atoms with van der Waals surface area (Å²) < 4.78 is 11.2. The standard InChI is InChI=1S/C14H22N4O7/c1-14(2,3)25-13(23)17-16-8-4-5-18(12(22)15-8)11-10(21)9(20)7(6-19)24-11/h4-5,7,9-11,19-21H,6H2,1-3H3,(H,17,23)(H,15,16,22)/t7-,9-,10-,11-/m1/s1. The molecule has 2 rings (SSSR count). The van der Waals surface area contributed by atoms with Gasteiger partial charge in [0.25, 0.3) is 0 Å². The van der Waals surface area contributed by atoms with Gasteiger partial charge in [0.2, 0.25) is 0 Å². The van der Waals surface area contributed by atoms with Crippen molar-refractivity contribution in [3.63, 3.8) is 0 Å². The van der Waals surface area contributed by atoms with Crippen molar-refractivity contribution in [3.8, 4) is 0 Å². The van der Waals surface area contributed by atoms with E-state index in [0.717, 1.165) is 4.57 Å². The number of hydrazine groups is 1. The van der Waals surface area contributed by atoms with E-state index in [0.29, 0.717) is 0 Å². The summed E-state index contributed by atoms with van der Waals surface area (Å²) in [4.78, 5) is 27.3. The number of hydrogen-bond donors (Lipinski definition) is 5. The summed E-state index contributed by atoms with van der Waals surface area (Å²) in [7, 11) is 0. The Morgan fingerprint density at radius 2 is 2.08 bits per heavy atom. The smallest absolute Gasteiger partial charge is 0.426 e. The van der Waals surface area contributed by atoms with Gasteiger partial charge in [0.05, 0.1) is 6.61 Å². The van der Waals surface area contributed by atoms with Crippen molar-refractivity contribution in [1.82, 2.24) is 15.0 Å². The van der Waals surface area contributed by atoms with Crippen LogP contribution in [0.4, 0.5) is 10.6 Å². The van der Waals surface area contributed by atoms with Crippen LogP contribution in [0, 0.1) is 0 Å². The van der Waals surface area contributed by atoms with E-state index in [1.54, 1.807) is 20.8 Å². The zero-order valence-electron chi connectivity index (χ0n) is 14.0. The van der Waals surface area contributed by atoms with E-state index in [2.05, 4.69) is 15.8 Å². The second-order valence-corrected chi connectivity index (χ2v) is 6.48. The lowest BCUT2D eigenvalue weighted by atomic mass is 10.1. The summed E-state index contributed by atoms with van der Waals surface area (Å²) in [5, 5.41) is 28.7. The zero-order valence-corrected chi connectivity index (χ0v) is 14.0. The first-order valence-electron chi connectivity index (χ1n) is 7.59. The van der Waals surface area contributed by atoms with E-state index >= 15 is 0 Å². The molecule has 11 heteroatoms. The predicted molar refractivity (Wildman–Crippen MR) is 84.5 cm³/mol. The maximum Gasteiger partial charge on any atom is 0.426 e. The van der Waals surface area contributed by atoms with Gasteiger partial charge >= 0.3 is 11.8 Å². The lowest BCUT2D eigenvalue weighted by Crippen LogP contribution is -2.38. The van der Waals surface area contributed by atoms with Gasteiger partial charge in [-0.1, -0.05) is 0 Å². The fourth-order valence-electron chi connectivity index (χ4n) is 2.20. The van der Waals surface area contributed by atoms with Crippen molar-refractivity contribution >= 4 is 11.9 Å². The van der Waals surface area contributed by atoms with Crippen molar-refractivity contribution in [3.05, 3.63) is 22.7 Å². The van der Waals surface area contributed by atoms with Crippen molar-refractivity contribution in [2.75, 3.05) is 12.0 Å². The Morgan fingerprint density at radius 3 is 2.60 bits per heavy atom. The number of carbonyl (C=O) groups is 1. The fraction of sp³-hybridized carbons (Fsp3) is 0.643. The molecule has 1 aliphatic heterocycles. The fourth-order valence-corrected chi connectivity index (χ4v) is 2.20. The molecular weight excluding hydrogens is 336 g/mol. The number of hydrogen-bond acceptors (Lipinski definition) is 9. The Hall–Kier alpha value is -2.21. The lowest BCUT2D eigenvalue weighted by Gasteiger charge is -2.20. The maximum atomic E-state index is 12.1. The van der Waals surface area contributed by atoms with Crippen LogP contribution in [0.15, 0.2) is 17.1 Å². The molecule has 0 aliphatic carbocycles. The highest BCUT2D eigenvalue weighted by atomic mass is 16.6. The summed E-state index contributed by atoms with van der Waals surface area (Å²) >= 11 is 0. The van der Waals surface area contributed by atoms with Crippen LogP contribution in [0.3, 0.4) is 0 Å². The summed E-state index contributed by atoms with van der Waals surface area (Å²) in [6.45, 7) is 4.60. The minimum absolute atomic E-state index is 0.0406. The molecule has 140 valence electrons. The molecule has 11 nitrogen and oxygen atoms in total. The number of carbonyl (C=O) groups excluding carboxylic acids is 1. The Bertz CT molecular complexity index is 672. The molecule has 0 spiro atoms. The molecule has 1 saturated heterocycles. The first-order valence-corrected chi connectivity index (χ1v) is 7.59. The van der Waals surface area contributed by atoms with E-state index < -0.39 is 48.5 Å². The van der Waals surface area contributed by atoms with Crippen LogP contribution < -0.4 is 16.5 Å². The molecule has 4 atom stereocenters. The normalized spacial score (nSPS) is 26.3. The molecule has 0 radical (unpaired) electrons. The number of anilines is 1. The van der Waals surface area contributed by atoms with Gasteiger partial charge in [0.15, 0.2) is 12.0 Å². The Balaban J connectivity index is 2.04. The highest BCUT2D eigenvalue weighted by molar-refractivity contribution is 5.69. The number of nitrogens with zero attached hydrogens (tertiary/aromatic N) is 2. The largest absolute Gasteiger partial charge is 0.443 e. The molecule has 0 bridgehead atoms. The minimum Gasteiger partial charge on any atom is -0.443 e. The molecule has 1 fully saturated rings. The van der Waals surface area contributed by atoms with Gasteiger partial charge < -0.3 is 24.8 Å². The summed E-state index contributed by atoms with van der Waals surface area (Å²) in [6.07, 6.45) is -4.38. The van der Waals surface area contributed by atoms with E-state index in [1.165, 1.54) is 12.3 Å². The van der Waals surface area contributed by atoms with Crippen LogP contribution in [0.2, 0.25) is 0 Å². The van der Waals surface area contributed by atoms with Gasteiger partial charge in [-0.2, -0.15) is 4.98 Å². The molecule has 0 saturated carbocycles. The predicted octanol–water partition coefficient (Wildman–Crippen LogP) is -1.29. The molecular formula is C14H22N4O7. The number of amides is 1. The van der Waals surface area contributed by atoms with E-state index in [9.17, 15) is 19.8 Å². The average Bonchev–Trinajstić information content (AvgIpc) is 2.79. The SMILES string of the molecule is CC(C)(C)OC(=O)NNc1ccn([C@@H]2O[C@H](CO)[C@@H](O)[C@H]2O)c(=O)n1. The van der Waals surface area contributed by atoms with E-state index in [1.807, 2.05) is 0 Å². The number of aliphatic hydroxyl groups is 3. The number of ether oxygens (including phenoxy) is 2. The third kappa shape index (κ3) is 4.66. The first-order chi connectivity index (χ1) is 11.6. The molecule has 5 N–H and O–H groups in total. The second kappa shape index (κ2) is 7.35.